The third-order valence-corrected chi connectivity index (χ3v) is 1.72. The molecule has 0 saturated carbocycles. The van der Waals surface area contributed by atoms with Gasteiger partial charge in [0.15, 0.2) is 5.69 Å². The predicted molar refractivity (Wildman–Crippen MR) is 51.4 cm³/mol. The maximum atomic E-state index is 10.8. The number of aryl methyl sites for hydroxylation is 1. The summed E-state index contributed by atoms with van der Waals surface area (Å²) in [5.41, 5.74) is 0.382. The number of rotatable bonds is 4. The van der Waals surface area contributed by atoms with E-state index in [1.54, 1.807) is 7.05 Å². The fourth-order valence-corrected chi connectivity index (χ4v) is 1.17. The van der Waals surface area contributed by atoms with Gasteiger partial charge in [0.25, 0.3) is 0 Å². The van der Waals surface area contributed by atoms with Gasteiger partial charge in [-0.05, 0) is 6.92 Å². The van der Waals surface area contributed by atoms with Crippen molar-refractivity contribution in [3.63, 3.8) is 0 Å². The lowest BCUT2D eigenvalue weighted by atomic mass is 10.2. The zero-order valence-electron chi connectivity index (χ0n) is 8.15. The minimum absolute atomic E-state index is 0.0362. The van der Waals surface area contributed by atoms with E-state index in [-0.39, 0.29) is 5.69 Å². The summed E-state index contributed by atoms with van der Waals surface area (Å²) < 4.78 is 6.65. The first-order valence-electron chi connectivity index (χ1n) is 4.17. The highest BCUT2D eigenvalue weighted by Gasteiger charge is 2.19. The van der Waals surface area contributed by atoms with Gasteiger partial charge in [-0.2, -0.15) is 5.10 Å². The first-order valence-corrected chi connectivity index (χ1v) is 4.17. The molecule has 14 heavy (non-hydrogen) atoms. The lowest BCUT2D eigenvalue weighted by molar-refractivity contribution is 0.0689. The molecule has 0 aromatic carbocycles. The Morgan fingerprint density at radius 1 is 1.79 bits per heavy atom. The van der Waals surface area contributed by atoms with E-state index in [0.29, 0.717) is 18.1 Å². The molecule has 0 saturated heterocycles. The van der Waals surface area contributed by atoms with Crippen molar-refractivity contribution in [1.29, 1.82) is 0 Å². The quantitative estimate of drug-likeness (QED) is 0.784. The van der Waals surface area contributed by atoms with Crippen molar-refractivity contribution in [2.24, 2.45) is 7.05 Å². The molecule has 0 unspecified atom stereocenters. The van der Waals surface area contributed by atoms with Gasteiger partial charge in [-0.3, -0.25) is 0 Å². The van der Waals surface area contributed by atoms with E-state index in [9.17, 15) is 4.79 Å². The SMILES string of the molecule is C=Cc1c(C(=O)O)nn(C)c1OCC. The fourth-order valence-electron chi connectivity index (χ4n) is 1.17. The number of hydrogen-bond donors (Lipinski definition) is 1. The number of carbonyl (C=O) groups is 1. The summed E-state index contributed by atoms with van der Waals surface area (Å²) in [5.74, 6) is -0.652. The van der Waals surface area contributed by atoms with Gasteiger partial charge >= 0.3 is 5.97 Å². The maximum absolute atomic E-state index is 10.8. The van der Waals surface area contributed by atoms with Crippen LogP contribution in [0.2, 0.25) is 0 Å². The summed E-state index contributed by atoms with van der Waals surface area (Å²) in [6.07, 6.45) is 1.43. The van der Waals surface area contributed by atoms with E-state index in [0.717, 1.165) is 0 Å². The Hall–Kier alpha value is -1.78. The number of ether oxygens (including phenoxy) is 1. The Kier molecular flexibility index (Phi) is 2.91. The van der Waals surface area contributed by atoms with Crippen molar-refractivity contribution < 1.29 is 14.6 Å². The Morgan fingerprint density at radius 3 is 2.86 bits per heavy atom. The van der Waals surface area contributed by atoms with Gasteiger partial charge in [-0.25, -0.2) is 9.48 Å². The average molecular weight is 196 g/mol. The van der Waals surface area contributed by atoms with Gasteiger partial charge in [0, 0.05) is 7.05 Å². The molecule has 0 aliphatic rings. The Labute approximate surface area is 81.6 Å². The molecule has 1 N–H and O–H groups in total. The fraction of sp³-hybridized carbons (Fsp3) is 0.333. The second-order valence-electron chi connectivity index (χ2n) is 2.63. The molecule has 1 aromatic heterocycles. The van der Waals surface area contributed by atoms with Crippen LogP contribution in [-0.4, -0.2) is 27.5 Å². The summed E-state index contributed by atoms with van der Waals surface area (Å²) >= 11 is 0. The van der Waals surface area contributed by atoms with E-state index in [2.05, 4.69) is 11.7 Å². The smallest absolute Gasteiger partial charge is 0.357 e. The molecule has 1 aromatic rings. The van der Waals surface area contributed by atoms with Crippen LogP contribution < -0.4 is 4.74 Å². The molecule has 0 fully saturated rings. The molecule has 1 heterocycles. The van der Waals surface area contributed by atoms with Gasteiger partial charge in [0.1, 0.15) is 0 Å². The average Bonchev–Trinajstić information content (AvgIpc) is 2.44. The number of hydrogen-bond acceptors (Lipinski definition) is 3. The number of nitrogens with zero attached hydrogens (tertiary/aromatic N) is 2. The van der Waals surface area contributed by atoms with Crippen LogP contribution in [0.4, 0.5) is 0 Å². The summed E-state index contributed by atoms with van der Waals surface area (Å²) in [7, 11) is 1.63. The van der Waals surface area contributed by atoms with Crippen LogP contribution in [0.3, 0.4) is 0 Å². The third kappa shape index (κ3) is 1.61. The molecule has 0 spiro atoms. The molecule has 5 heteroatoms. The molecule has 0 amide bonds. The first kappa shape index (κ1) is 10.3. The number of carboxylic acids is 1. The minimum Gasteiger partial charge on any atom is -0.478 e. The largest absolute Gasteiger partial charge is 0.478 e. The Morgan fingerprint density at radius 2 is 2.43 bits per heavy atom. The van der Waals surface area contributed by atoms with Crippen molar-refractivity contribution in [2.45, 2.75) is 6.92 Å². The topological polar surface area (TPSA) is 64.3 Å². The van der Waals surface area contributed by atoms with Crippen LogP contribution in [0.5, 0.6) is 5.88 Å². The highest BCUT2D eigenvalue weighted by Crippen LogP contribution is 2.22. The van der Waals surface area contributed by atoms with Crippen LogP contribution in [0.1, 0.15) is 23.0 Å². The molecular weight excluding hydrogens is 184 g/mol. The lowest BCUT2D eigenvalue weighted by Gasteiger charge is -2.03. The normalized spacial score (nSPS) is 9.86. The number of aromatic carboxylic acids is 1. The van der Waals surface area contributed by atoms with E-state index in [4.69, 9.17) is 9.84 Å². The van der Waals surface area contributed by atoms with E-state index in [1.807, 2.05) is 6.92 Å². The highest BCUT2D eigenvalue weighted by molar-refractivity contribution is 5.90. The summed E-state index contributed by atoms with van der Waals surface area (Å²) in [5, 5.41) is 12.6. The minimum atomic E-state index is -1.08. The molecule has 5 nitrogen and oxygen atoms in total. The van der Waals surface area contributed by atoms with Crippen LogP contribution in [-0.2, 0) is 7.05 Å². The van der Waals surface area contributed by atoms with Crippen LogP contribution >= 0.6 is 0 Å². The molecule has 0 radical (unpaired) electrons. The van der Waals surface area contributed by atoms with Crippen LogP contribution in [0.25, 0.3) is 6.08 Å². The Bertz CT molecular complexity index is 368. The zero-order valence-corrected chi connectivity index (χ0v) is 8.15. The second-order valence-corrected chi connectivity index (χ2v) is 2.63. The van der Waals surface area contributed by atoms with E-state index < -0.39 is 5.97 Å². The van der Waals surface area contributed by atoms with Crippen LogP contribution in [0.15, 0.2) is 6.58 Å². The lowest BCUT2D eigenvalue weighted by Crippen LogP contribution is -2.00. The predicted octanol–water partition coefficient (Wildman–Crippen LogP) is 1.16. The van der Waals surface area contributed by atoms with Crippen molar-refractivity contribution in [3.05, 3.63) is 17.8 Å². The van der Waals surface area contributed by atoms with Gasteiger partial charge in [0.2, 0.25) is 5.88 Å². The molecule has 0 aliphatic heterocycles. The van der Waals surface area contributed by atoms with Crippen molar-refractivity contribution >= 4 is 12.0 Å². The summed E-state index contributed by atoms with van der Waals surface area (Å²) in [6.45, 7) is 5.81. The van der Waals surface area contributed by atoms with Gasteiger partial charge in [0.05, 0.1) is 12.2 Å². The number of carboxylic acid groups (broad SMARTS) is 1. The summed E-state index contributed by atoms with van der Waals surface area (Å²) in [6, 6.07) is 0. The maximum Gasteiger partial charge on any atom is 0.357 e. The molecular formula is C9H12N2O3. The molecule has 76 valence electrons. The second kappa shape index (κ2) is 3.95. The van der Waals surface area contributed by atoms with Crippen molar-refractivity contribution in [1.82, 2.24) is 9.78 Å². The standard InChI is InChI=1S/C9H12N2O3/c1-4-6-7(9(12)13)10-11(3)8(6)14-5-2/h4H,1,5H2,2-3H3,(H,12,13). The monoisotopic (exact) mass is 196 g/mol. The molecule has 1 rings (SSSR count). The van der Waals surface area contributed by atoms with Crippen molar-refractivity contribution in [2.75, 3.05) is 6.61 Å². The van der Waals surface area contributed by atoms with Crippen LogP contribution in [0, 0.1) is 0 Å². The number of aromatic nitrogens is 2. The highest BCUT2D eigenvalue weighted by atomic mass is 16.5. The zero-order chi connectivity index (χ0) is 10.7. The molecule has 0 atom stereocenters. The van der Waals surface area contributed by atoms with Crippen molar-refractivity contribution in [3.8, 4) is 5.88 Å². The Balaban J connectivity index is 3.27. The summed E-state index contributed by atoms with van der Waals surface area (Å²) in [4.78, 5) is 10.8. The van der Waals surface area contributed by atoms with E-state index >= 15 is 0 Å². The molecule has 0 aliphatic carbocycles. The molecule has 0 bridgehead atoms. The van der Waals surface area contributed by atoms with Gasteiger partial charge in [-0.1, -0.05) is 12.7 Å². The first-order chi connectivity index (χ1) is 6.61. The van der Waals surface area contributed by atoms with Gasteiger partial charge < -0.3 is 9.84 Å². The van der Waals surface area contributed by atoms with E-state index in [1.165, 1.54) is 10.8 Å². The third-order valence-electron chi connectivity index (χ3n) is 1.72. The van der Waals surface area contributed by atoms with Gasteiger partial charge in [-0.15, -0.1) is 0 Å².